The van der Waals surface area contributed by atoms with Gasteiger partial charge in [0.05, 0.1) is 12.6 Å². The minimum atomic E-state index is -1.73. The Morgan fingerprint density at radius 2 is 1.83 bits per heavy atom. The summed E-state index contributed by atoms with van der Waals surface area (Å²) in [4.78, 5) is 27.8. The third kappa shape index (κ3) is 5.81. The highest BCUT2D eigenvalue weighted by Gasteiger charge is 2.61. The fraction of sp³-hybridized carbons (Fsp3) is 0.312. The highest BCUT2D eigenvalue weighted by Crippen LogP contribution is 2.58. The quantitative estimate of drug-likeness (QED) is 0.224. The van der Waals surface area contributed by atoms with Crippen molar-refractivity contribution in [3.05, 3.63) is 93.0 Å². The number of amides is 2. The molecule has 1 unspecified atom stereocenters. The van der Waals surface area contributed by atoms with Gasteiger partial charge < -0.3 is 25.6 Å². The van der Waals surface area contributed by atoms with Crippen LogP contribution < -0.4 is 15.4 Å². The van der Waals surface area contributed by atoms with Gasteiger partial charge in [-0.05, 0) is 53.6 Å². The average Bonchev–Trinajstić information content (AvgIpc) is 3.22. The standard InChI is InChI=1S/C32H32Cl2N2O5Si/c1-42(2,3)12-11-19-7-10-28(41-18-23(38)17-37)24(13-19)30-32(25-9-8-22(34)15-27(25)35-31(32)40)26(16-29(39)36-30)20-5-4-6-21(33)14-20/h4-10,13-15,23,26,30,37-38H,16-18H2,1-3H3,(H,35,40)(H,36,39)/t23?,26-,30+,32-/m0/s1. The van der Waals surface area contributed by atoms with Gasteiger partial charge in [-0.1, -0.05) is 67.0 Å². The molecule has 218 valence electrons. The fourth-order valence-electron chi connectivity index (χ4n) is 5.75. The molecule has 2 amide bonds. The first-order valence-corrected chi connectivity index (χ1v) is 17.9. The number of carbonyl (C=O) groups excluding carboxylic acids is 2. The fourth-order valence-corrected chi connectivity index (χ4v) is 6.64. The number of aliphatic hydroxyl groups excluding tert-OH is 2. The Morgan fingerprint density at radius 3 is 2.55 bits per heavy atom. The van der Waals surface area contributed by atoms with E-state index in [4.69, 9.17) is 27.9 Å². The number of nitrogens with one attached hydrogen (secondary N) is 2. The van der Waals surface area contributed by atoms with Crippen LogP contribution in [0.4, 0.5) is 5.69 Å². The second kappa shape index (κ2) is 11.7. The zero-order valence-electron chi connectivity index (χ0n) is 23.5. The number of rotatable bonds is 6. The smallest absolute Gasteiger partial charge is 0.238 e. The van der Waals surface area contributed by atoms with Crippen LogP contribution in [-0.2, 0) is 15.0 Å². The summed E-state index contributed by atoms with van der Waals surface area (Å²) in [6, 6.07) is 17.0. The molecule has 3 aromatic carbocycles. The molecule has 7 nitrogen and oxygen atoms in total. The molecule has 0 bridgehead atoms. The lowest BCUT2D eigenvalue weighted by Crippen LogP contribution is -2.57. The monoisotopic (exact) mass is 622 g/mol. The minimum absolute atomic E-state index is 0.0425. The third-order valence-corrected chi connectivity index (χ3v) is 8.89. The van der Waals surface area contributed by atoms with Crippen LogP contribution in [0.3, 0.4) is 0 Å². The summed E-state index contributed by atoms with van der Waals surface area (Å²) in [5.74, 6) is 2.48. The van der Waals surface area contributed by atoms with Gasteiger partial charge in [0.2, 0.25) is 11.8 Å². The summed E-state index contributed by atoms with van der Waals surface area (Å²) in [6.07, 6.45) is -1.07. The van der Waals surface area contributed by atoms with Crippen LogP contribution in [-0.4, -0.2) is 49.4 Å². The topological polar surface area (TPSA) is 108 Å². The molecule has 10 heteroatoms. The number of benzene rings is 3. The Hall–Kier alpha value is -3.32. The largest absolute Gasteiger partial charge is 0.490 e. The van der Waals surface area contributed by atoms with Gasteiger partial charge in [0.25, 0.3) is 0 Å². The van der Waals surface area contributed by atoms with Crippen LogP contribution in [0.2, 0.25) is 29.7 Å². The van der Waals surface area contributed by atoms with Crippen molar-refractivity contribution in [1.82, 2.24) is 5.32 Å². The number of carbonyl (C=O) groups is 2. The van der Waals surface area contributed by atoms with Crippen molar-refractivity contribution in [2.75, 3.05) is 18.5 Å². The lowest BCUT2D eigenvalue weighted by Gasteiger charge is -2.46. The van der Waals surface area contributed by atoms with E-state index in [1.54, 1.807) is 36.4 Å². The van der Waals surface area contributed by atoms with E-state index in [2.05, 4.69) is 41.7 Å². The molecule has 0 aromatic heterocycles. The highest BCUT2D eigenvalue weighted by molar-refractivity contribution is 6.83. The predicted octanol–water partition coefficient (Wildman–Crippen LogP) is 5.19. The van der Waals surface area contributed by atoms with Crippen molar-refractivity contribution in [2.45, 2.75) is 49.5 Å². The molecule has 2 aliphatic rings. The van der Waals surface area contributed by atoms with Gasteiger partial charge in [0.1, 0.15) is 31.9 Å². The number of anilines is 1. The van der Waals surface area contributed by atoms with Crippen molar-refractivity contribution in [2.24, 2.45) is 0 Å². The molecule has 0 radical (unpaired) electrons. The first-order valence-electron chi connectivity index (χ1n) is 13.7. The van der Waals surface area contributed by atoms with E-state index >= 15 is 0 Å². The first kappa shape index (κ1) is 30.1. The van der Waals surface area contributed by atoms with E-state index in [9.17, 15) is 19.8 Å². The van der Waals surface area contributed by atoms with E-state index in [1.165, 1.54) is 0 Å². The number of ether oxygens (including phenoxy) is 1. The number of hydrogen-bond acceptors (Lipinski definition) is 5. The molecular weight excluding hydrogens is 591 g/mol. The van der Waals surface area contributed by atoms with Crippen LogP contribution >= 0.6 is 23.2 Å². The van der Waals surface area contributed by atoms with E-state index in [0.717, 1.165) is 5.56 Å². The molecule has 1 saturated heterocycles. The Bertz CT molecular complexity index is 1610. The molecule has 0 aliphatic carbocycles. The van der Waals surface area contributed by atoms with Crippen molar-refractivity contribution in [3.8, 4) is 17.2 Å². The molecule has 2 heterocycles. The first-order chi connectivity index (χ1) is 19.9. The van der Waals surface area contributed by atoms with E-state index in [0.29, 0.717) is 38.2 Å². The highest BCUT2D eigenvalue weighted by atomic mass is 35.5. The summed E-state index contributed by atoms with van der Waals surface area (Å²) in [5.41, 5.74) is 5.28. The summed E-state index contributed by atoms with van der Waals surface area (Å²) >= 11 is 12.8. The number of piperidine rings is 1. The van der Waals surface area contributed by atoms with Gasteiger partial charge in [0, 0.05) is 39.2 Å². The minimum Gasteiger partial charge on any atom is -0.490 e. The SMILES string of the molecule is C[Si](C)(C)C#Cc1ccc(OCC(O)CO)c([C@H]2NC(=O)C[C@@H](c3cccc(Cl)c3)[C@]23C(=O)Nc2cc(Cl)ccc23)c1. The summed E-state index contributed by atoms with van der Waals surface area (Å²) in [5, 5.41) is 26.5. The molecule has 42 heavy (non-hydrogen) atoms. The van der Waals surface area contributed by atoms with Gasteiger partial charge in [0.15, 0.2) is 0 Å². The number of hydrogen-bond donors (Lipinski definition) is 4. The van der Waals surface area contributed by atoms with Crippen LogP contribution in [0.1, 0.15) is 40.6 Å². The van der Waals surface area contributed by atoms with Crippen molar-refractivity contribution < 1.29 is 24.5 Å². The third-order valence-electron chi connectivity index (χ3n) is 7.55. The van der Waals surface area contributed by atoms with Gasteiger partial charge in [-0.3, -0.25) is 9.59 Å². The molecule has 1 fully saturated rings. The van der Waals surface area contributed by atoms with Crippen LogP contribution in [0.15, 0.2) is 60.7 Å². The van der Waals surface area contributed by atoms with Crippen LogP contribution in [0.5, 0.6) is 5.75 Å². The van der Waals surface area contributed by atoms with Gasteiger partial charge in [-0.2, -0.15) is 0 Å². The van der Waals surface area contributed by atoms with E-state index < -0.39 is 38.2 Å². The number of aliphatic hydroxyl groups is 2. The van der Waals surface area contributed by atoms with Crippen molar-refractivity contribution in [1.29, 1.82) is 0 Å². The summed E-state index contributed by atoms with van der Waals surface area (Å²) in [6.45, 7) is 5.77. The van der Waals surface area contributed by atoms with Crippen LogP contribution in [0.25, 0.3) is 0 Å². The Balaban J connectivity index is 1.78. The van der Waals surface area contributed by atoms with E-state index in [-0.39, 0.29) is 24.8 Å². The zero-order valence-corrected chi connectivity index (χ0v) is 26.0. The second-order valence-electron chi connectivity index (χ2n) is 11.7. The van der Waals surface area contributed by atoms with Gasteiger partial charge in [-0.15, -0.1) is 5.54 Å². The number of fused-ring (bicyclic) bond motifs is 2. The maximum atomic E-state index is 14.4. The molecule has 3 aromatic rings. The molecule has 0 saturated carbocycles. The zero-order chi connectivity index (χ0) is 30.2. The molecule has 1 spiro atoms. The Morgan fingerprint density at radius 1 is 1.07 bits per heavy atom. The molecule has 4 atom stereocenters. The molecule has 2 aliphatic heterocycles. The normalized spacial score (nSPS) is 22.1. The maximum Gasteiger partial charge on any atom is 0.238 e. The lowest BCUT2D eigenvalue weighted by atomic mass is 9.59. The molecule has 5 rings (SSSR count). The lowest BCUT2D eigenvalue weighted by molar-refractivity contribution is -0.131. The van der Waals surface area contributed by atoms with Crippen molar-refractivity contribution in [3.63, 3.8) is 0 Å². The van der Waals surface area contributed by atoms with Crippen molar-refractivity contribution >= 4 is 48.8 Å². The Kier molecular flexibility index (Phi) is 8.43. The van der Waals surface area contributed by atoms with Gasteiger partial charge in [-0.25, -0.2) is 0 Å². The second-order valence-corrected chi connectivity index (χ2v) is 17.3. The predicted molar refractivity (Wildman–Crippen MR) is 167 cm³/mol. The van der Waals surface area contributed by atoms with Crippen LogP contribution in [0, 0.1) is 11.5 Å². The Labute approximate surface area is 256 Å². The molecular formula is C32H32Cl2N2O5Si. The average molecular weight is 624 g/mol. The van der Waals surface area contributed by atoms with E-state index in [1.807, 2.05) is 24.3 Å². The molecule has 4 N–H and O–H groups in total. The summed E-state index contributed by atoms with van der Waals surface area (Å²) < 4.78 is 6.01. The maximum absolute atomic E-state index is 14.4. The van der Waals surface area contributed by atoms with Gasteiger partial charge >= 0.3 is 0 Å². The summed E-state index contributed by atoms with van der Waals surface area (Å²) in [7, 11) is -1.73. The number of halogens is 2.